The fraction of sp³-hybridized carbons (Fsp3) is 0.824. The lowest BCUT2D eigenvalue weighted by atomic mass is 9.49. The maximum atomic E-state index is 11.9. The van der Waals surface area contributed by atoms with E-state index in [4.69, 9.17) is 9.47 Å². The van der Waals surface area contributed by atoms with Gasteiger partial charge in [0.25, 0.3) is 0 Å². The molecule has 112 valence electrons. The van der Waals surface area contributed by atoms with Crippen LogP contribution in [0.3, 0.4) is 0 Å². The van der Waals surface area contributed by atoms with Gasteiger partial charge in [-0.1, -0.05) is 6.58 Å². The van der Waals surface area contributed by atoms with E-state index in [2.05, 4.69) is 6.58 Å². The summed E-state index contributed by atoms with van der Waals surface area (Å²) in [5.74, 6) is 2.67. The number of rotatable bonds is 6. The summed E-state index contributed by atoms with van der Waals surface area (Å²) in [6.45, 7) is 4.32. The highest BCUT2D eigenvalue weighted by atomic mass is 16.6. The van der Waals surface area contributed by atoms with Crippen molar-refractivity contribution >= 4 is 5.97 Å². The van der Waals surface area contributed by atoms with Crippen LogP contribution in [0.15, 0.2) is 12.7 Å². The van der Waals surface area contributed by atoms with Crippen LogP contribution < -0.4 is 0 Å². The first-order chi connectivity index (χ1) is 9.68. The molecule has 4 saturated carbocycles. The maximum Gasteiger partial charge on any atom is 0.330 e. The third kappa shape index (κ3) is 2.30. The van der Waals surface area contributed by atoms with Gasteiger partial charge in [-0.25, -0.2) is 4.79 Å². The first-order valence-electron chi connectivity index (χ1n) is 8.02. The van der Waals surface area contributed by atoms with E-state index in [-0.39, 0.29) is 11.6 Å². The molecule has 3 heteroatoms. The molecule has 0 aromatic heterocycles. The Morgan fingerprint density at radius 1 is 1.20 bits per heavy atom. The molecular weight excluding hydrogens is 252 g/mol. The van der Waals surface area contributed by atoms with Crippen LogP contribution >= 0.6 is 0 Å². The lowest BCUT2D eigenvalue weighted by Crippen LogP contribution is -2.59. The van der Waals surface area contributed by atoms with Crippen LogP contribution in [0.1, 0.15) is 44.9 Å². The first kappa shape index (κ1) is 14.1. The molecule has 0 atom stereocenters. The summed E-state index contributed by atoms with van der Waals surface area (Å²) in [4.78, 5) is 11.9. The van der Waals surface area contributed by atoms with E-state index >= 15 is 0 Å². The second kappa shape index (κ2) is 5.51. The molecule has 0 N–H and O–H groups in total. The van der Waals surface area contributed by atoms with Gasteiger partial charge in [0.2, 0.25) is 0 Å². The Balaban J connectivity index is 1.81. The summed E-state index contributed by atoms with van der Waals surface area (Å²) in [5, 5.41) is 0. The van der Waals surface area contributed by atoms with Gasteiger partial charge in [-0.05, 0) is 68.6 Å². The third-order valence-electron chi connectivity index (χ3n) is 5.89. The van der Waals surface area contributed by atoms with Gasteiger partial charge in [-0.2, -0.15) is 0 Å². The maximum absolute atomic E-state index is 11.9. The van der Waals surface area contributed by atoms with Crippen molar-refractivity contribution in [2.24, 2.45) is 23.7 Å². The van der Waals surface area contributed by atoms with E-state index < -0.39 is 0 Å². The van der Waals surface area contributed by atoms with Gasteiger partial charge < -0.3 is 9.47 Å². The van der Waals surface area contributed by atoms with Crippen molar-refractivity contribution in [3.63, 3.8) is 0 Å². The van der Waals surface area contributed by atoms with Crippen molar-refractivity contribution in [2.75, 3.05) is 13.7 Å². The van der Waals surface area contributed by atoms with E-state index in [1.807, 2.05) is 0 Å². The highest BCUT2D eigenvalue weighted by Gasteiger charge is 2.58. The van der Waals surface area contributed by atoms with Gasteiger partial charge in [-0.3, -0.25) is 0 Å². The predicted molar refractivity (Wildman–Crippen MR) is 77.2 cm³/mol. The second-order valence-corrected chi connectivity index (χ2v) is 6.98. The van der Waals surface area contributed by atoms with Crippen molar-refractivity contribution in [2.45, 2.75) is 50.5 Å². The molecule has 4 fully saturated rings. The van der Waals surface area contributed by atoms with E-state index in [0.29, 0.717) is 11.8 Å². The quantitative estimate of drug-likeness (QED) is 0.425. The van der Waals surface area contributed by atoms with Gasteiger partial charge in [0.1, 0.15) is 5.60 Å². The standard InChI is InChI=1S/C17H26O3/c1-3-16(18)20-17(5-4-6-19-2)14-8-12-7-13(10-14)11-15(17)9-12/h3,12-15H,1,4-11H2,2H3. The molecule has 4 aliphatic carbocycles. The van der Waals surface area contributed by atoms with Crippen LogP contribution in [-0.2, 0) is 14.3 Å². The molecule has 20 heavy (non-hydrogen) atoms. The minimum atomic E-state index is -0.241. The van der Waals surface area contributed by atoms with Crippen LogP contribution in [0.2, 0.25) is 0 Å². The number of carbonyl (C=O) groups is 1. The number of esters is 1. The summed E-state index contributed by atoms with van der Waals surface area (Å²) in [5.41, 5.74) is -0.225. The van der Waals surface area contributed by atoms with E-state index in [0.717, 1.165) is 31.3 Å². The van der Waals surface area contributed by atoms with E-state index in [9.17, 15) is 4.79 Å². The highest BCUT2D eigenvalue weighted by Crippen LogP contribution is 2.60. The lowest BCUT2D eigenvalue weighted by Gasteiger charge is -2.60. The minimum absolute atomic E-state index is 0.225. The van der Waals surface area contributed by atoms with Gasteiger partial charge in [0, 0.05) is 19.8 Å². The molecule has 4 aliphatic rings. The van der Waals surface area contributed by atoms with Crippen molar-refractivity contribution in [1.82, 2.24) is 0 Å². The summed E-state index contributed by atoms with van der Waals surface area (Å²) in [6, 6.07) is 0. The summed E-state index contributed by atoms with van der Waals surface area (Å²) in [6.07, 6.45) is 9.68. The fourth-order valence-corrected chi connectivity index (χ4v) is 5.33. The van der Waals surface area contributed by atoms with E-state index in [1.165, 1.54) is 38.2 Å². The average molecular weight is 278 g/mol. The summed E-state index contributed by atoms with van der Waals surface area (Å²) < 4.78 is 11.2. The first-order valence-corrected chi connectivity index (χ1v) is 8.02. The molecule has 0 amide bonds. The molecule has 0 aromatic carbocycles. The van der Waals surface area contributed by atoms with E-state index in [1.54, 1.807) is 7.11 Å². The Hall–Kier alpha value is -0.830. The number of ether oxygens (including phenoxy) is 2. The molecule has 4 bridgehead atoms. The Labute approximate surface area is 121 Å². The smallest absolute Gasteiger partial charge is 0.330 e. The van der Waals surface area contributed by atoms with Crippen LogP contribution in [0, 0.1) is 23.7 Å². The molecule has 4 rings (SSSR count). The highest BCUT2D eigenvalue weighted by molar-refractivity contribution is 5.81. The Kier molecular flexibility index (Phi) is 3.89. The lowest BCUT2D eigenvalue weighted by molar-refractivity contribution is -0.208. The van der Waals surface area contributed by atoms with Crippen molar-refractivity contribution in [1.29, 1.82) is 0 Å². The molecular formula is C17H26O3. The molecule has 0 saturated heterocycles. The summed E-state index contributed by atoms with van der Waals surface area (Å²) >= 11 is 0. The molecule has 0 heterocycles. The normalized spacial score (nSPS) is 41.6. The van der Waals surface area contributed by atoms with Crippen molar-refractivity contribution in [3.05, 3.63) is 12.7 Å². The van der Waals surface area contributed by atoms with Crippen molar-refractivity contribution in [3.8, 4) is 0 Å². The monoisotopic (exact) mass is 278 g/mol. The molecule has 0 aliphatic heterocycles. The van der Waals surface area contributed by atoms with Gasteiger partial charge in [-0.15, -0.1) is 0 Å². The summed E-state index contributed by atoms with van der Waals surface area (Å²) in [7, 11) is 1.74. The zero-order chi connectivity index (χ0) is 14.2. The second-order valence-electron chi connectivity index (χ2n) is 6.98. The molecule has 0 radical (unpaired) electrons. The molecule has 0 spiro atoms. The zero-order valence-electron chi connectivity index (χ0n) is 12.5. The zero-order valence-corrected chi connectivity index (χ0v) is 12.5. The van der Waals surface area contributed by atoms with Gasteiger partial charge >= 0.3 is 5.97 Å². The largest absolute Gasteiger partial charge is 0.455 e. The van der Waals surface area contributed by atoms with Crippen LogP contribution in [-0.4, -0.2) is 25.3 Å². The van der Waals surface area contributed by atoms with Crippen LogP contribution in [0.5, 0.6) is 0 Å². The molecule has 3 nitrogen and oxygen atoms in total. The SMILES string of the molecule is C=CC(=O)OC1(CCCOC)C2CC3CC(C2)CC1C3. The number of methoxy groups -OCH3 is 1. The Bertz CT molecular complexity index is 360. The van der Waals surface area contributed by atoms with Gasteiger partial charge in [0.15, 0.2) is 0 Å². The topological polar surface area (TPSA) is 35.5 Å². The van der Waals surface area contributed by atoms with Crippen LogP contribution in [0.4, 0.5) is 0 Å². The van der Waals surface area contributed by atoms with Crippen molar-refractivity contribution < 1.29 is 14.3 Å². The molecule has 0 unspecified atom stereocenters. The molecule has 0 aromatic rings. The third-order valence-corrected chi connectivity index (χ3v) is 5.89. The average Bonchev–Trinajstić information content (AvgIpc) is 2.43. The number of carbonyl (C=O) groups excluding carboxylic acids is 1. The van der Waals surface area contributed by atoms with Gasteiger partial charge in [0.05, 0.1) is 0 Å². The Morgan fingerprint density at radius 3 is 2.30 bits per heavy atom. The minimum Gasteiger partial charge on any atom is -0.455 e. The fourth-order valence-electron chi connectivity index (χ4n) is 5.33. The Morgan fingerprint density at radius 2 is 1.80 bits per heavy atom. The number of hydrogen-bond acceptors (Lipinski definition) is 3. The number of hydrogen-bond donors (Lipinski definition) is 0. The van der Waals surface area contributed by atoms with Crippen LogP contribution in [0.25, 0.3) is 0 Å². The predicted octanol–water partition coefficient (Wildman–Crippen LogP) is 3.34.